The molecule has 0 fully saturated rings. The van der Waals surface area contributed by atoms with Crippen molar-refractivity contribution in [3.63, 3.8) is 0 Å². The van der Waals surface area contributed by atoms with Crippen molar-refractivity contribution in [1.82, 2.24) is 4.98 Å². The summed E-state index contributed by atoms with van der Waals surface area (Å²) in [5.41, 5.74) is 0.623. The van der Waals surface area contributed by atoms with Crippen molar-refractivity contribution in [1.29, 1.82) is 0 Å². The second-order valence-corrected chi connectivity index (χ2v) is 4.25. The fraction of sp³-hybridized carbons (Fsp3) is 0.0833. The molecule has 0 atom stereocenters. The Kier molecular flexibility index (Phi) is 3.58. The Bertz CT molecular complexity index is 516. The average molecular weight is 297 g/mol. The molecule has 0 aliphatic rings. The minimum Gasteiger partial charge on any atom is -0.494 e. The topological polar surface area (TPSA) is 34.1 Å². The molecule has 2 aromatic rings. The van der Waals surface area contributed by atoms with E-state index in [0.717, 1.165) is 4.47 Å². The van der Waals surface area contributed by atoms with Gasteiger partial charge in [-0.2, -0.15) is 0 Å². The Labute approximate surface area is 107 Å². The second-order valence-electron chi connectivity index (χ2n) is 3.34. The largest absolute Gasteiger partial charge is 0.494 e. The summed E-state index contributed by atoms with van der Waals surface area (Å²) in [6.07, 6.45) is 1.67. The van der Waals surface area contributed by atoms with Gasteiger partial charge >= 0.3 is 0 Å². The first kappa shape index (κ1) is 11.9. The van der Waals surface area contributed by atoms with Gasteiger partial charge < -0.3 is 10.1 Å². The van der Waals surface area contributed by atoms with Crippen LogP contribution in [0.4, 0.5) is 15.9 Å². The maximum atomic E-state index is 13.4. The van der Waals surface area contributed by atoms with Crippen molar-refractivity contribution in [2.24, 2.45) is 0 Å². The fourth-order valence-corrected chi connectivity index (χ4v) is 1.58. The molecular formula is C12H10BrFN2O. The number of hydrogen-bond donors (Lipinski definition) is 1. The molecule has 0 amide bonds. The van der Waals surface area contributed by atoms with Crippen LogP contribution in [0.2, 0.25) is 0 Å². The van der Waals surface area contributed by atoms with Crippen LogP contribution in [0, 0.1) is 5.82 Å². The van der Waals surface area contributed by atoms with Crippen LogP contribution in [-0.2, 0) is 0 Å². The van der Waals surface area contributed by atoms with E-state index in [2.05, 4.69) is 26.2 Å². The zero-order chi connectivity index (χ0) is 12.3. The van der Waals surface area contributed by atoms with Gasteiger partial charge in [-0.1, -0.05) is 0 Å². The maximum absolute atomic E-state index is 13.4. The molecule has 1 N–H and O–H groups in total. The minimum atomic E-state index is -0.408. The zero-order valence-electron chi connectivity index (χ0n) is 9.08. The smallest absolute Gasteiger partial charge is 0.167 e. The predicted octanol–water partition coefficient (Wildman–Crippen LogP) is 3.74. The van der Waals surface area contributed by atoms with E-state index in [1.807, 2.05) is 6.07 Å². The van der Waals surface area contributed by atoms with E-state index in [4.69, 9.17) is 4.74 Å². The summed E-state index contributed by atoms with van der Waals surface area (Å²) in [6.45, 7) is 0. The minimum absolute atomic E-state index is 0.222. The molecule has 1 heterocycles. The molecule has 0 saturated heterocycles. The number of anilines is 2. The quantitative estimate of drug-likeness (QED) is 0.937. The van der Waals surface area contributed by atoms with Crippen LogP contribution in [0.5, 0.6) is 5.75 Å². The fourth-order valence-electron chi connectivity index (χ4n) is 1.34. The van der Waals surface area contributed by atoms with E-state index in [1.165, 1.54) is 13.2 Å². The van der Waals surface area contributed by atoms with Gasteiger partial charge in [-0.25, -0.2) is 9.37 Å². The molecule has 0 aliphatic heterocycles. The molecule has 0 unspecified atom stereocenters. The van der Waals surface area contributed by atoms with E-state index >= 15 is 0 Å². The summed E-state index contributed by atoms with van der Waals surface area (Å²) in [6, 6.07) is 8.31. The van der Waals surface area contributed by atoms with Crippen LogP contribution in [-0.4, -0.2) is 12.1 Å². The number of ether oxygens (including phenoxy) is 1. The van der Waals surface area contributed by atoms with Gasteiger partial charge in [-0.15, -0.1) is 0 Å². The first-order valence-electron chi connectivity index (χ1n) is 4.91. The Morgan fingerprint density at radius 2 is 2.12 bits per heavy atom. The molecule has 1 aromatic carbocycles. The SMILES string of the molecule is COc1ccc(Nc2ccc(Br)cn2)cc1F. The zero-order valence-corrected chi connectivity index (χ0v) is 10.7. The molecule has 5 heteroatoms. The van der Waals surface area contributed by atoms with E-state index in [-0.39, 0.29) is 5.75 Å². The first-order valence-corrected chi connectivity index (χ1v) is 5.70. The molecule has 88 valence electrons. The number of halogens is 2. The number of aromatic nitrogens is 1. The monoisotopic (exact) mass is 296 g/mol. The molecule has 1 aromatic heterocycles. The Hall–Kier alpha value is -1.62. The number of benzene rings is 1. The van der Waals surface area contributed by atoms with Crippen molar-refractivity contribution in [2.45, 2.75) is 0 Å². The highest BCUT2D eigenvalue weighted by molar-refractivity contribution is 9.10. The number of nitrogens with zero attached hydrogens (tertiary/aromatic N) is 1. The number of pyridine rings is 1. The number of hydrogen-bond acceptors (Lipinski definition) is 3. The third-order valence-corrected chi connectivity index (χ3v) is 2.62. The molecule has 0 aliphatic carbocycles. The van der Waals surface area contributed by atoms with E-state index in [0.29, 0.717) is 11.5 Å². The lowest BCUT2D eigenvalue weighted by molar-refractivity contribution is 0.386. The third-order valence-electron chi connectivity index (χ3n) is 2.15. The van der Waals surface area contributed by atoms with Gasteiger partial charge in [0.1, 0.15) is 5.82 Å². The lowest BCUT2D eigenvalue weighted by Crippen LogP contribution is -1.95. The van der Waals surface area contributed by atoms with Gasteiger partial charge in [0.05, 0.1) is 7.11 Å². The van der Waals surface area contributed by atoms with Crippen molar-refractivity contribution in [2.75, 3.05) is 12.4 Å². The van der Waals surface area contributed by atoms with E-state index < -0.39 is 5.82 Å². The van der Waals surface area contributed by atoms with Crippen LogP contribution in [0.3, 0.4) is 0 Å². The summed E-state index contributed by atoms with van der Waals surface area (Å²) in [5.74, 6) is 0.465. The van der Waals surface area contributed by atoms with Crippen molar-refractivity contribution in [3.8, 4) is 5.75 Å². The molecule has 0 saturated carbocycles. The maximum Gasteiger partial charge on any atom is 0.167 e. The van der Waals surface area contributed by atoms with Crippen LogP contribution in [0.1, 0.15) is 0 Å². The standard InChI is InChI=1S/C12H10BrFN2O/c1-17-11-4-3-9(6-10(11)14)16-12-5-2-8(13)7-15-12/h2-7H,1H3,(H,15,16). The number of methoxy groups -OCH3 is 1. The highest BCUT2D eigenvalue weighted by atomic mass is 79.9. The Balaban J connectivity index is 2.19. The summed E-state index contributed by atoms with van der Waals surface area (Å²) in [4.78, 5) is 4.13. The highest BCUT2D eigenvalue weighted by Gasteiger charge is 2.03. The lowest BCUT2D eigenvalue weighted by Gasteiger charge is -2.07. The molecule has 3 nitrogen and oxygen atoms in total. The Morgan fingerprint density at radius 3 is 2.71 bits per heavy atom. The van der Waals surface area contributed by atoms with E-state index in [9.17, 15) is 4.39 Å². The molecule has 17 heavy (non-hydrogen) atoms. The van der Waals surface area contributed by atoms with Crippen molar-refractivity contribution < 1.29 is 9.13 Å². The molecule has 0 spiro atoms. The predicted molar refractivity (Wildman–Crippen MR) is 68.2 cm³/mol. The summed E-state index contributed by atoms with van der Waals surface area (Å²) >= 11 is 3.29. The second kappa shape index (κ2) is 5.14. The Morgan fingerprint density at radius 1 is 1.29 bits per heavy atom. The van der Waals surface area contributed by atoms with Crippen LogP contribution >= 0.6 is 15.9 Å². The molecule has 2 rings (SSSR count). The van der Waals surface area contributed by atoms with Crippen LogP contribution in [0.25, 0.3) is 0 Å². The van der Waals surface area contributed by atoms with Crippen molar-refractivity contribution in [3.05, 3.63) is 46.8 Å². The van der Waals surface area contributed by atoms with Gasteiger partial charge in [0.2, 0.25) is 0 Å². The van der Waals surface area contributed by atoms with Gasteiger partial charge in [0.15, 0.2) is 11.6 Å². The summed E-state index contributed by atoms with van der Waals surface area (Å²) < 4.78 is 19.2. The third kappa shape index (κ3) is 2.94. The molecule has 0 bridgehead atoms. The highest BCUT2D eigenvalue weighted by Crippen LogP contribution is 2.23. The van der Waals surface area contributed by atoms with E-state index in [1.54, 1.807) is 24.4 Å². The van der Waals surface area contributed by atoms with Crippen molar-refractivity contribution >= 4 is 27.4 Å². The average Bonchev–Trinajstić information content (AvgIpc) is 2.32. The molecule has 0 radical (unpaired) electrons. The van der Waals surface area contributed by atoms with Gasteiger partial charge in [-0.3, -0.25) is 0 Å². The normalized spacial score (nSPS) is 10.1. The summed E-state index contributed by atoms with van der Waals surface area (Å²) in [7, 11) is 1.43. The first-order chi connectivity index (χ1) is 8.19. The van der Waals surface area contributed by atoms with Gasteiger partial charge in [0.25, 0.3) is 0 Å². The molecular weight excluding hydrogens is 287 g/mol. The van der Waals surface area contributed by atoms with Crippen LogP contribution in [0.15, 0.2) is 41.0 Å². The lowest BCUT2D eigenvalue weighted by atomic mass is 10.3. The van der Waals surface area contributed by atoms with Gasteiger partial charge in [0, 0.05) is 22.4 Å². The number of nitrogens with one attached hydrogen (secondary N) is 1. The van der Waals surface area contributed by atoms with Crippen LogP contribution < -0.4 is 10.1 Å². The summed E-state index contributed by atoms with van der Waals surface area (Å²) in [5, 5.41) is 3.00. The number of rotatable bonds is 3. The van der Waals surface area contributed by atoms with Gasteiger partial charge in [-0.05, 0) is 40.2 Å².